The van der Waals surface area contributed by atoms with E-state index >= 15 is 0 Å². The molecule has 2 rings (SSSR count). The van der Waals surface area contributed by atoms with E-state index in [0.717, 1.165) is 51.6 Å². The van der Waals surface area contributed by atoms with Crippen LogP contribution in [-0.4, -0.2) is 64.2 Å². The quantitative estimate of drug-likeness (QED) is 0.331. The fourth-order valence-corrected chi connectivity index (χ4v) is 2.66. The second-order valence-corrected chi connectivity index (χ2v) is 5.27. The van der Waals surface area contributed by atoms with Crippen molar-refractivity contribution in [3.05, 3.63) is 30.3 Å². The summed E-state index contributed by atoms with van der Waals surface area (Å²) in [6, 6.07) is 10.7. The molecule has 1 heterocycles. The van der Waals surface area contributed by atoms with Crippen LogP contribution < -0.4 is 15.5 Å². The van der Waals surface area contributed by atoms with Crippen LogP contribution in [-0.2, 0) is 0 Å². The number of hydrogen-bond acceptors (Lipinski definition) is 3. The Morgan fingerprint density at radius 3 is 2.41 bits per heavy atom. The van der Waals surface area contributed by atoms with Gasteiger partial charge < -0.3 is 15.5 Å². The van der Waals surface area contributed by atoms with Gasteiger partial charge in [0.25, 0.3) is 0 Å². The lowest BCUT2D eigenvalue weighted by atomic mass is 10.2. The van der Waals surface area contributed by atoms with Crippen LogP contribution in [0.2, 0.25) is 0 Å². The Hall–Kier alpha value is -1.02. The molecular weight excluding hydrogens is 389 g/mol. The summed E-state index contributed by atoms with van der Waals surface area (Å²) in [5, 5.41) is 6.33. The Morgan fingerprint density at radius 1 is 1.14 bits per heavy atom. The molecular formula is C16H28IN5. The predicted octanol–water partition coefficient (Wildman–Crippen LogP) is 1.61. The van der Waals surface area contributed by atoms with Gasteiger partial charge in [0.1, 0.15) is 0 Å². The first-order valence-electron chi connectivity index (χ1n) is 7.74. The molecule has 124 valence electrons. The SMILES string of the molecule is CN=C(NC)NCCCN1CCN(c2ccccc2)CC1.I. The van der Waals surface area contributed by atoms with Gasteiger partial charge in [0.2, 0.25) is 0 Å². The Morgan fingerprint density at radius 2 is 1.82 bits per heavy atom. The summed E-state index contributed by atoms with van der Waals surface area (Å²) in [4.78, 5) is 9.12. The molecule has 1 aromatic carbocycles. The van der Waals surface area contributed by atoms with E-state index < -0.39 is 0 Å². The minimum atomic E-state index is 0. The van der Waals surface area contributed by atoms with E-state index in [-0.39, 0.29) is 24.0 Å². The van der Waals surface area contributed by atoms with Crippen molar-refractivity contribution < 1.29 is 0 Å². The minimum Gasteiger partial charge on any atom is -0.369 e. The number of nitrogens with one attached hydrogen (secondary N) is 2. The van der Waals surface area contributed by atoms with Crippen molar-refractivity contribution in [2.75, 3.05) is 58.3 Å². The topological polar surface area (TPSA) is 42.9 Å². The smallest absolute Gasteiger partial charge is 0.190 e. The molecule has 2 N–H and O–H groups in total. The van der Waals surface area contributed by atoms with Crippen molar-refractivity contribution in [1.29, 1.82) is 0 Å². The molecule has 1 fully saturated rings. The van der Waals surface area contributed by atoms with Crippen LogP contribution in [0.5, 0.6) is 0 Å². The highest BCUT2D eigenvalue weighted by molar-refractivity contribution is 14.0. The highest BCUT2D eigenvalue weighted by atomic mass is 127. The molecule has 0 atom stereocenters. The molecule has 22 heavy (non-hydrogen) atoms. The minimum absolute atomic E-state index is 0. The van der Waals surface area contributed by atoms with E-state index in [1.807, 2.05) is 7.05 Å². The average molecular weight is 417 g/mol. The molecule has 0 aromatic heterocycles. The normalized spacial score (nSPS) is 16.1. The van der Waals surface area contributed by atoms with Crippen molar-refractivity contribution in [1.82, 2.24) is 15.5 Å². The van der Waals surface area contributed by atoms with Gasteiger partial charge in [-0.1, -0.05) is 18.2 Å². The summed E-state index contributed by atoms with van der Waals surface area (Å²) in [6.07, 6.45) is 1.14. The van der Waals surface area contributed by atoms with Crippen molar-refractivity contribution in [2.45, 2.75) is 6.42 Å². The summed E-state index contributed by atoms with van der Waals surface area (Å²) in [5.74, 6) is 0.865. The number of piperazine rings is 1. The molecule has 6 heteroatoms. The van der Waals surface area contributed by atoms with Crippen molar-refractivity contribution in [3.63, 3.8) is 0 Å². The number of hydrogen-bond donors (Lipinski definition) is 2. The van der Waals surface area contributed by atoms with Crippen LogP contribution in [0.25, 0.3) is 0 Å². The number of aliphatic imine (C=N–C) groups is 1. The first-order valence-corrected chi connectivity index (χ1v) is 7.74. The third-order valence-electron chi connectivity index (χ3n) is 3.90. The lowest BCUT2D eigenvalue weighted by Crippen LogP contribution is -2.47. The van der Waals surface area contributed by atoms with Gasteiger partial charge in [-0.3, -0.25) is 9.89 Å². The molecule has 5 nitrogen and oxygen atoms in total. The monoisotopic (exact) mass is 417 g/mol. The maximum atomic E-state index is 4.11. The largest absolute Gasteiger partial charge is 0.369 e. The van der Waals surface area contributed by atoms with E-state index in [2.05, 4.69) is 55.8 Å². The third-order valence-corrected chi connectivity index (χ3v) is 3.90. The number of guanidine groups is 1. The number of rotatable bonds is 5. The predicted molar refractivity (Wildman–Crippen MR) is 106 cm³/mol. The molecule has 1 aromatic rings. The first kappa shape index (κ1) is 19.0. The Bertz CT molecular complexity index is 429. The van der Waals surface area contributed by atoms with E-state index in [0.29, 0.717) is 0 Å². The molecule has 1 aliphatic rings. The zero-order valence-corrected chi connectivity index (χ0v) is 15.9. The van der Waals surface area contributed by atoms with Crippen LogP contribution in [0, 0.1) is 0 Å². The molecule has 0 saturated carbocycles. The van der Waals surface area contributed by atoms with E-state index in [1.165, 1.54) is 5.69 Å². The van der Waals surface area contributed by atoms with Gasteiger partial charge in [-0.15, -0.1) is 24.0 Å². The molecule has 0 spiro atoms. The number of benzene rings is 1. The van der Waals surface area contributed by atoms with E-state index in [1.54, 1.807) is 7.05 Å². The third kappa shape index (κ3) is 6.00. The lowest BCUT2D eigenvalue weighted by molar-refractivity contribution is 0.255. The van der Waals surface area contributed by atoms with Gasteiger partial charge in [-0.05, 0) is 25.1 Å². The van der Waals surface area contributed by atoms with Crippen molar-refractivity contribution >= 4 is 35.6 Å². The van der Waals surface area contributed by atoms with Crippen molar-refractivity contribution in [3.8, 4) is 0 Å². The molecule has 0 bridgehead atoms. The van der Waals surface area contributed by atoms with Gasteiger partial charge in [-0.2, -0.15) is 0 Å². The summed E-state index contributed by atoms with van der Waals surface area (Å²) in [7, 11) is 3.68. The summed E-state index contributed by atoms with van der Waals surface area (Å²) in [5.41, 5.74) is 1.34. The lowest BCUT2D eigenvalue weighted by Gasteiger charge is -2.36. The number of para-hydroxylation sites is 1. The van der Waals surface area contributed by atoms with Crippen molar-refractivity contribution in [2.24, 2.45) is 4.99 Å². The fraction of sp³-hybridized carbons (Fsp3) is 0.562. The Labute approximate surface area is 151 Å². The molecule has 0 aliphatic carbocycles. The Kier molecular flexibility index (Phi) is 9.22. The number of anilines is 1. The fourth-order valence-electron chi connectivity index (χ4n) is 2.66. The molecule has 0 unspecified atom stereocenters. The zero-order chi connectivity index (χ0) is 14.9. The van der Waals surface area contributed by atoms with Crippen LogP contribution in [0.1, 0.15) is 6.42 Å². The molecule has 1 aliphatic heterocycles. The Balaban J connectivity index is 0.00000242. The van der Waals surface area contributed by atoms with Gasteiger partial charge in [-0.25, -0.2) is 0 Å². The standard InChI is InChI=1S/C16H27N5.HI/c1-17-16(18-2)19-9-6-10-20-11-13-21(14-12-20)15-7-4-3-5-8-15;/h3-5,7-8H,6,9-14H2,1-2H3,(H2,17,18,19);1H. The van der Waals surface area contributed by atoms with Gasteiger partial charge in [0.05, 0.1) is 0 Å². The van der Waals surface area contributed by atoms with E-state index in [4.69, 9.17) is 0 Å². The summed E-state index contributed by atoms with van der Waals surface area (Å²) < 4.78 is 0. The van der Waals surface area contributed by atoms with E-state index in [9.17, 15) is 0 Å². The average Bonchev–Trinajstić information content (AvgIpc) is 2.56. The van der Waals surface area contributed by atoms with Crippen LogP contribution in [0.15, 0.2) is 35.3 Å². The number of nitrogens with zero attached hydrogens (tertiary/aromatic N) is 3. The second-order valence-electron chi connectivity index (χ2n) is 5.27. The van der Waals surface area contributed by atoms with Crippen LogP contribution in [0.4, 0.5) is 5.69 Å². The zero-order valence-electron chi connectivity index (χ0n) is 13.6. The number of halogens is 1. The van der Waals surface area contributed by atoms with Gasteiger partial charge >= 0.3 is 0 Å². The summed E-state index contributed by atoms with van der Waals surface area (Å²) in [6.45, 7) is 6.65. The van der Waals surface area contributed by atoms with Crippen LogP contribution >= 0.6 is 24.0 Å². The molecule has 0 radical (unpaired) electrons. The van der Waals surface area contributed by atoms with Gasteiger partial charge in [0, 0.05) is 52.5 Å². The van der Waals surface area contributed by atoms with Gasteiger partial charge in [0.15, 0.2) is 5.96 Å². The second kappa shape index (κ2) is 10.7. The maximum Gasteiger partial charge on any atom is 0.190 e. The first-order chi connectivity index (χ1) is 10.3. The summed E-state index contributed by atoms with van der Waals surface area (Å²) >= 11 is 0. The highest BCUT2D eigenvalue weighted by Crippen LogP contribution is 2.15. The highest BCUT2D eigenvalue weighted by Gasteiger charge is 2.16. The molecule has 1 saturated heterocycles. The molecule has 0 amide bonds. The van der Waals surface area contributed by atoms with Crippen LogP contribution in [0.3, 0.4) is 0 Å². The maximum absolute atomic E-state index is 4.11.